The van der Waals surface area contributed by atoms with Crippen molar-refractivity contribution in [2.24, 2.45) is 0 Å². The Morgan fingerprint density at radius 1 is 1.29 bits per heavy atom. The van der Waals surface area contributed by atoms with Crippen LogP contribution >= 0.6 is 15.9 Å². The van der Waals surface area contributed by atoms with Crippen molar-refractivity contribution in [3.63, 3.8) is 0 Å². The molecule has 0 saturated carbocycles. The van der Waals surface area contributed by atoms with Crippen LogP contribution in [-0.4, -0.2) is 39.0 Å². The van der Waals surface area contributed by atoms with Gasteiger partial charge in [-0.25, -0.2) is 4.79 Å². The van der Waals surface area contributed by atoms with Gasteiger partial charge in [0, 0.05) is 40.5 Å². The van der Waals surface area contributed by atoms with Gasteiger partial charge in [0.1, 0.15) is 0 Å². The van der Waals surface area contributed by atoms with Crippen molar-refractivity contribution >= 4 is 33.4 Å². The molecule has 0 bridgehead atoms. The van der Waals surface area contributed by atoms with Gasteiger partial charge in [-0.2, -0.15) is 0 Å². The number of hydrogen-bond acceptors (Lipinski definition) is 5. The predicted octanol–water partition coefficient (Wildman–Crippen LogP) is 2.51. The number of carboxylic acid groups (broad SMARTS) is 1. The van der Waals surface area contributed by atoms with E-state index in [1.54, 1.807) is 0 Å². The Kier molecular flexibility index (Phi) is 6.03. The van der Waals surface area contributed by atoms with Crippen molar-refractivity contribution < 1.29 is 19.7 Å². The number of benzene rings is 1. The summed E-state index contributed by atoms with van der Waals surface area (Å²) in [6.45, 7) is -0.273. The van der Waals surface area contributed by atoms with Crippen LogP contribution in [0.25, 0.3) is 0 Å². The summed E-state index contributed by atoms with van der Waals surface area (Å²) < 4.78 is 0. The van der Waals surface area contributed by atoms with E-state index in [-0.39, 0.29) is 30.9 Å². The van der Waals surface area contributed by atoms with Gasteiger partial charge < -0.3 is 5.11 Å². The summed E-state index contributed by atoms with van der Waals surface area (Å²) >= 11 is 3.19. The van der Waals surface area contributed by atoms with Gasteiger partial charge in [-0.05, 0) is 12.1 Å². The van der Waals surface area contributed by atoms with E-state index in [0.717, 1.165) is 4.90 Å². The number of carbonyl (C=O) groups is 1. The fraction of sp³-hybridized carbons (Fsp3) is 0.364. The number of non-ortho nitro benzene ring substituents is 1. The number of nitro benzene ring substituents is 1. The zero-order chi connectivity index (χ0) is 16.0. The minimum absolute atomic E-state index is 0.000976. The molecule has 1 N–H and O–H groups in total. The van der Waals surface area contributed by atoms with E-state index in [0.29, 0.717) is 0 Å². The number of hydrogen-bond donors (Lipinski definition) is 1. The van der Waals surface area contributed by atoms with Crippen LogP contribution in [0.5, 0.6) is 0 Å². The molecule has 1 aromatic carbocycles. The van der Waals surface area contributed by atoms with Crippen LogP contribution in [0.3, 0.4) is 0 Å². The lowest BCUT2D eigenvalue weighted by Gasteiger charge is -2.21. The van der Waals surface area contributed by atoms with Crippen LogP contribution in [0.4, 0.5) is 16.2 Å². The molecule has 0 aliphatic heterocycles. The summed E-state index contributed by atoms with van der Waals surface area (Å²) in [6, 6.07) is 5.04. The molecule has 0 aliphatic rings. The molecule has 10 heteroatoms. The van der Waals surface area contributed by atoms with Crippen LogP contribution in [0.1, 0.15) is 6.42 Å². The number of amides is 1. The highest BCUT2D eigenvalue weighted by molar-refractivity contribution is 9.09. The average Bonchev–Trinajstić information content (AvgIpc) is 2.42. The number of rotatable bonds is 7. The van der Waals surface area contributed by atoms with Gasteiger partial charge in [-0.1, -0.05) is 15.9 Å². The van der Waals surface area contributed by atoms with Gasteiger partial charge in [-0.3, -0.25) is 25.1 Å². The smallest absolute Gasteiger partial charge is 0.411 e. The fourth-order valence-electron chi connectivity index (χ4n) is 1.58. The highest BCUT2D eigenvalue weighted by Gasteiger charge is 2.20. The number of nitro groups is 2. The third-order valence-corrected chi connectivity index (χ3v) is 3.36. The first-order chi connectivity index (χ1) is 9.81. The van der Waals surface area contributed by atoms with Crippen molar-refractivity contribution in [1.29, 1.82) is 0 Å². The zero-order valence-corrected chi connectivity index (χ0v) is 12.3. The van der Waals surface area contributed by atoms with Gasteiger partial charge in [0.15, 0.2) is 0 Å². The molecule has 0 spiro atoms. The predicted molar refractivity (Wildman–Crippen MR) is 77.7 cm³/mol. The molecule has 9 nitrogen and oxygen atoms in total. The summed E-state index contributed by atoms with van der Waals surface area (Å²) in [7, 11) is 0. The molecule has 1 atom stereocenters. The normalized spacial score (nSPS) is 11.7. The minimum Gasteiger partial charge on any atom is -0.465 e. The summed E-state index contributed by atoms with van der Waals surface area (Å²) in [5.41, 5.74) is 0.117. The molecular formula is C11H12BrN3O6. The van der Waals surface area contributed by atoms with E-state index in [1.807, 2.05) is 0 Å². The Morgan fingerprint density at radius 3 is 2.29 bits per heavy atom. The number of nitrogens with zero attached hydrogens (tertiary/aromatic N) is 3. The Balaban J connectivity index is 2.79. The van der Waals surface area contributed by atoms with Crippen molar-refractivity contribution in [3.05, 3.63) is 44.5 Å². The summed E-state index contributed by atoms with van der Waals surface area (Å²) in [5.74, 6) is 0. The maximum atomic E-state index is 11.2. The second-order valence-electron chi connectivity index (χ2n) is 4.11. The quantitative estimate of drug-likeness (QED) is 0.451. The molecule has 1 amide bonds. The van der Waals surface area contributed by atoms with Crippen LogP contribution < -0.4 is 4.90 Å². The molecule has 0 aromatic heterocycles. The van der Waals surface area contributed by atoms with Crippen molar-refractivity contribution in [1.82, 2.24) is 0 Å². The lowest BCUT2D eigenvalue weighted by molar-refractivity contribution is -0.480. The Labute approximate surface area is 127 Å². The largest absolute Gasteiger partial charge is 0.465 e. The summed E-state index contributed by atoms with van der Waals surface area (Å²) in [6.07, 6.45) is -1.07. The van der Waals surface area contributed by atoms with Crippen LogP contribution in [-0.2, 0) is 0 Å². The van der Waals surface area contributed by atoms with Gasteiger partial charge in [-0.15, -0.1) is 0 Å². The molecule has 0 radical (unpaired) electrons. The topological polar surface area (TPSA) is 127 Å². The van der Waals surface area contributed by atoms with Crippen molar-refractivity contribution in [3.8, 4) is 0 Å². The molecular weight excluding hydrogens is 350 g/mol. The first-order valence-electron chi connectivity index (χ1n) is 5.82. The molecule has 21 heavy (non-hydrogen) atoms. The first-order valence-corrected chi connectivity index (χ1v) is 6.73. The Bertz CT molecular complexity index is 535. The fourth-order valence-corrected chi connectivity index (χ4v) is 2.08. The van der Waals surface area contributed by atoms with Gasteiger partial charge in [0.05, 0.1) is 4.92 Å². The van der Waals surface area contributed by atoms with Crippen LogP contribution in [0.2, 0.25) is 0 Å². The van der Waals surface area contributed by atoms with Gasteiger partial charge in [0.2, 0.25) is 6.54 Å². The van der Waals surface area contributed by atoms with Crippen LogP contribution in [0.15, 0.2) is 24.3 Å². The Morgan fingerprint density at radius 2 is 1.86 bits per heavy atom. The highest BCUT2D eigenvalue weighted by Crippen LogP contribution is 2.21. The average molecular weight is 362 g/mol. The second kappa shape index (κ2) is 7.53. The SMILES string of the molecule is O=C(O)N(CC(Br)CC[N+](=O)[O-])c1ccc([N+](=O)[O-])cc1. The van der Waals surface area contributed by atoms with E-state index in [1.165, 1.54) is 24.3 Å². The maximum Gasteiger partial charge on any atom is 0.411 e. The number of halogens is 1. The Hall–Kier alpha value is -2.23. The number of alkyl halides is 1. The zero-order valence-electron chi connectivity index (χ0n) is 10.7. The van der Waals surface area contributed by atoms with E-state index in [2.05, 4.69) is 15.9 Å². The van der Waals surface area contributed by atoms with E-state index in [9.17, 15) is 25.0 Å². The first kappa shape index (κ1) is 16.8. The number of anilines is 1. The van der Waals surface area contributed by atoms with Crippen molar-refractivity contribution in [2.45, 2.75) is 11.2 Å². The van der Waals surface area contributed by atoms with E-state index < -0.39 is 20.8 Å². The third-order valence-electron chi connectivity index (χ3n) is 2.61. The molecule has 1 unspecified atom stereocenters. The lowest BCUT2D eigenvalue weighted by atomic mass is 10.2. The molecule has 1 rings (SSSR count). The summed E-state index contributed by atoms with van der Waals surface area (Å²) in [5, 5.41) is 30.0. The molecule has 0 heterocycles. The monoisotopic (exact) mass is 361 g/mol. The highest BCUT2D eigenvalue weighted by atomic mass is 79.9. The third kappa shape index (κ3) is 5.34. The maximum absolute atomic E-state index is 11.2. The van der Waals surface area contributed by atoms with Gasteiger partial charge in [0.25, 0.3) is 5.69 Å². The van der Waals surface area contributed by atoms with Crippen molar-refractivity contribution in [2.75, 3.05) is 18.0 Å². The van der Waals surface area contributed by atoms with Gasteiger partial charge >= 0.3 is 6.09 Å². The standard InChI is InChI=1S/C11H12BrN3O6/c12-8(5-6-14(18)19)7-13(11(16)17)9-1-3-10(4-2-9)15(20)21/h1-4,8H,5-7H2,(H,16,17). The molecule has 1 aromatic rings. The minimum atomic E-state index is -1.24. The van der Waals surface area contributed by atoms with E-state index >= 15 is 0 Å². The molecule has 114 valence electrons. The van der Waals surface area contributed by atoms with Crippen LogP contribution in [0, 0.1) is 20.2 Å². The van der Waals surface area contributed by atoms with E-state index in [4.69, 9.17) is 5.11 Å². The molecule has 0 aliphatic carbocycles. The summed E-state index contributed by atoms with van der Waals surface area (Å²) in [4.78, 5) is 31.6. The molecule has 0 saturated heterocycles. The molecule has 0 fully saturated rings. The second-order valence-corrected chi connectivity index (χ2v) is 5.40. The lowest BCUT2D eigenvalue weighted by Crippen LogP contribution is -2.35.